The Balaban J connectivity index is 1.61. The van der Waals surface area contributed by atoms with E-state index >= 15 is 0 Å². The van der Waals surface area contributed by atoms with Crippen molar-refractivity contribution in [1.82, 2.24) is 4.90 Å². The van der Waals surface area contributed by atoms with Gasteiger partial charge in [-0.2, -0.15) is 0 Å². The highest BCUT2D eigenvalue weighted by Gasteiger charge is 2.25. The minimum absolute atomic E-state index is 0.0543. The predicted molar refractivity (Wildman–Crippen MR) is 55.5 cm³/mol. The van der Waals surface area contributed by atoms with E-state index in [2.05, 4.69) is 4.90 Å². The maximum absolute atomic E-state index is 5.60. The number of morpholine rings is 1. The number of rotatable bonds is 4. The minimum Gasteiger partial charge on any atom is -0.379 e. The lowest BCUT2D eigenvalue weighted by molar-refractivity contribution is -0.0688. The van der Waals surface area contributed by atoms with Crippen LogP contribution >= 0.6 is 0 Å². The molecular formula is C10H20N2O3. The third-order valence-corrected chi connectivity index (χ3v) is 2.86. The normalized spacial score (nSPS) is 33.4. The van der Waals surface area contributed by atoms with Crippen molar-refractivity contribution in [2.45, 2.75) is 18.8 Å². The second-order valence-corrected chi connectivity index (χ2v) is 4.00. The molecular weight excluding hydrogens is 196 g/mol. The second kappa shape index (κ2) is 5.77. The fraction of sp³-hybridized carbons (Fsp3) is 1.00. The largest absolute Gasteiger partial charge is 0.379 e. The molecule has 2 atom stereocenters. The monoisotopic (exact) mass is 216 g/mol. The molecule has 5 nitrogen and oxygen atoms in total. The third kappa shape index (κ3) is 3.39. The van der Waals surface area contributed by atoms with E-state index in [1.807, 2.05) is 0 Å². The molecule has 0 spiro atoms. The predicted octanol–water partition coefficient (Wildman–Crippen LogP) is -0.591. The van der Waals surface area contributed by atoms with Gasteiger partial charge in [0.15, 0.2) is 6.29 Å². The van der Waals surface area contributed by atoms with Gasteiger partial charge < -0.3 is 19.9 Å². The van der Waals surface area contributed by atoms with Crippen molar-refractivity contribution >= 4 is 0 Å². The first-order valence-corrected chi connectivity index (χ1v) is 5.65. The molecule has 0 amide bonds. The third-order valence-electron chi connectivity index (χ3n) is 2.86. The maximum atomic E-state index is 5.60. The summed E-state index contributed by atoms with van der Waals surface area (Å²) in [5, 5.41) is 0. The molecule has 2 aliphatic heterocycles. The molecule has 0 aromatic heterocycles. The lowest BCUT2D eigenvalue weighted by Crippen LogP contribution is -2.38. The average molecular weight is 216 g/mol. The number of nitrogens with zero attached hydrogens (tertiary/aromatic N) is 1. The van der Waals surface area contributed by atoms with Crippen LogP contribution in [0.25, 0.3) is 0 Å². The molecule has 2 fully saturated rings. The van der Waals surface area contributed by atoms with Crippen LogP contribution in [0.2, 0.25) is 0 Å². The van der Waals surface area contributed by atoms with Gasteiger partial charge in [-0.1, -0.05) is 0 Å². The Kier molecular flexibility index (Phi) is 4.34. The van der Waals surface area contributed by atoms with Crippen molar-refractivity contribution in [3.05, 3.63) is 0 Å². The van der Waals surface area contributed by atoms with Gasteiger partial charge in [-0.15, -0.1) is 0 Å². The molecule has 5 heteroatoms. The Hall–Kier alpha value is -0.200. The standard InChI is InChI=1S/C10H20N2O3/c11-7-9-8-14-10(15-9)1-2-12-3-5-13-6-4-12/h9-10H,1-8,11H2. The van der Waals surface area contributed by atoms with Crippen LogP contribution in [0.15, 0.2) is 0 Å². The summed E-state index contributed by atoms with van der Waals surface area (Å²) >= 11 is 0. The molecule has 0 aromatic rings. The van der Waals surface area contributed by atoms with Crippen LogP contribution < -0.4 is 5.73 Å². The number of nitrogens with two attached hydrogens (primary N) is 1. The first kappa shape index (κ1) is 11.3. The van der Waals surface area contributed by atoms with Crippen LogP contribution in [0.1, 0.15) is 6.42 Å². The summed E-state index contributed by atoms with van der Waals surface area (Å²) in [6.07, 6.45) is 0.970. The SMILES string of the molecule is NCC1COC(CCN2CCOCC2)O1. The molecule has 15 heavy (non-hydrogen) atoms. The molecule has 0 radical (unpaired) electrons. The fourth-order valence-corrected chi connectivity index (χ4v) is 1.90. The molecule has 0 aromatic carbocycles. The van der Waals surface area contributed by atoms with E-state index in [0.717, 1.165) is 39.3 Å². The van der Waals surface area contributed by atoms with Crippen molar-refractivity contribution in [3.63, 3.8) is 0 Å². The lowest BCUT2D eigenvalue weighted by Gasteiger charge is -2.27. The molecule has 0 aliphatic carbocycles. The van der Waals surface area contributed by atoms with Crippen molar-refractivity contribution in [2.24, 2.45) is 5.73 Å². The van der Waals surface area contributed by atoms with Gasteiger partial charge in [0.2, 0.25) is 0 Å². The lowest BCUT2D eigenvalue weighted by atomic mass is 10.3. The zero-order chi connectivity index (χ0) is 10.5. The van der Waals surface area contributed by atoms with E-state index in [1.54, 1.807) is 0 Å². The van der Waals surface area contributed by atoms with Gasteiger partial charge in [-0.25, -0.2) is 0 Å². The van der Waals surface area contributed by atoms with E-state index in [-0.39, 0.29) is 12.4 Å². The zero-order valence-corrected chi connectivity index (χ0v) is 9.06. The highest BCUT2D eigenvalue weighted by molar-refractivity contribution is 4.68. The Morgan fingerprint density at radius 3 is 2.73 bits per heavy atom. The first-order chi connectivity index (χ1) is 7.38. The quantitative estimate of drug-likeness (QED) is 0.680. The van der Waals surface area contributed by atoms with Gasteiger partial charge in [0, 0.05) is 32.6 Å². The summed E-state index contributed by atoms with van der Waals surface area (Å²) < 4.78 is 16.4. The number of hydrogen-bond acceptors (Lipinski definition) is 5. The molecule has 2 heterocycles. The van der Waals surface area contributed by atoms with Crippen LogP contribution in [0, 0.1) is 0 Å². The molecule has 0 bridgehead atoms. The molecule has 2 aliphatic rings. The van der Waals surface area contributed by atoms with Gasteiger partial charge in [0.05, 0.1) is 25.9 Å². The maximum Gasteiger partial charge on any atom is 0.159 e. The van der Waals surface area contributed by atoms with Crippen molar-refractivity contribution in [2.75, 3.05) is 46.0 Å². The van der Waals surface area contributed by atoms with Crippen LogP contribution in [0.3, 0.4) is 0 Å². The summed E-state index contributed by atoms with van der Waals surface area (Å²) in [6.45, 7) is 5.94. The van der Waals surface area contributed by atoms with E-state index in [1.165, 1.54) is 0 Å². The molecule has 0 saturated carbocycles. The second-order valence-electron chi connectivity index (χ2n) is 4.00. The number of ether oxygens (including phenoxy) is 3. The highest BCUT2D eigenvalue weighted by Crippen LogP contribution is 2.14. The van der Waals surface area contributed by atoms with E-state index in [9.17, 15) is 0 Å². The van der Waals surface area contributed by atoms with Crippen LogP contribution in [-0.4, -0.2) is 63.3 Å². The van der Waals surface area contributed by atoms with E-state index < -0.39 is 0 Å². The fourth-order valence-electron chi connectivity index (χ4n) is 1.90. The molecule has 2 N–H and O–H groups in total. The van der Waals surface area contributed by atoms with E-state index in [4.69, 9.17) is 19.9 Å². The number of hydrogen-bond donors (Lipinski definition) is 1. The van der Waals surface area contributed by atoms with Crippen LogP contribution in [-0.2, 0) is 14.2 Å². The molecule has 2 saturated heterocycles. The molecule has 88 valence electrons. The smallest absolute Gasteiger partial charge is 0.159 e. The summed E-state index contributed by atoms with van der Waals surface area (Å²) in [6, 6.07) is 0. The Bertz CT molecular complexity index is 186. The highest BCUT2D eigenvalue weighted by atomic mass is 16.7. The summed E-state index contributed by atoms with van der Waals surface area (Å²) in [4.78, 5) is 2.38. The van der Waals surface area contributed by atoms with Gasteiger partial charge in [-0.05, 0) is 0 Å². The Morgan fingerprint density at radius 1 is 1.27 bits per heavy atom. The van der Waals surface area contributed by atoms with Gasteiger partial charge in [0.25, 0.3) is 0 Å². The van der Waals surface area contributed by atoms with Gasteiger partial charge in [0.1, 0.15) is 0 Å². The topological polar surface area (TPSA) is 57.0 Å². The Labute approximate surface area is 90.5 Å². The summed E-state index contributed by atoms with van der Waals surface area (Å²) in [5.41, 5.74) is 5.50. The summed E-state index contributed by atoms with van der Waals surface area (Å²) in [7, 11) is 0. The van der Waals surface area contributed by atoms with E-state index in [0.29, 0.717) is 13.2 Å². The Morgan fingerprint density at radius 2 is 2.07 bits per heavy atom. The van der Waals surface area contributed by atoms with Gasteiger partial charge >= 0.3 is 0 Å². The van der Waals surface area contributed by atoms with Crippen molar-refractivity contribution in [1.29, 1.82) is 0 Å². The van der Waals surface area contributed by atoms with Crippen LogP contribution in [0.5, 0.6) is 0 Å². The first-order valence-electron chi connectivity index (χ1n) is 5.65. The van der Waals surface area contributed by atoms with Crippen LogP contribution in [0.4, 0.5) is 0 Å². The molecule has 2 rings (SSSR count). The van der Waals surface area contributed by atoms with Crippen molar-refractivity contribution < 1.29 is 14.2 Å². The zero-order valence-electron chi connectivity index (χ0n) is 9.06. The molecule has 2 unspecified atom stereocenters. The minimum atomic E-state index is -0.0543. The summed E-state index contributed by atoms with van der Waals surface area (Å²) in [5.74, 6) is 0. The van der Waals surface area contributed by atoms with Crippen molar-refractivity contribution in [3.8, 4) is 0 Å². The van der Waals surface area contributed by atoms with Gasteiger partial charge in [-0.3, -0.25) is 4.90 Å². The average Bonchev–Trinajstić information content (AvgIpc) is 2.76.